The molecule has 0 spiro atoms. The number of carboxylic acids is 1. The fraction of sp³-hybridized carbons (Fsp3) is 0.625. The summed E-state index contributed by atoms with van der Waals surface area (Å²) in [5, 5.41) is 8.51. The molecule has 0 bridgehead atoms. The Labute approximate surface area is 120 Å². The van der Waals surface area contributed by atoms with Crippen molar-refractivity contribution in [2.45, 2.75) is 44.9 Å². The number of hydrogen-bond donors (Lipinski definition) is 1. The fourth-order valence-corrected chi connectivity index (χ4v) is 2.66. The van der Waals surface area contributed by atoms with E-state index < -0.39 is 11.4 Å². The number of rotatable bonds is 5. The molecule has 2 aliphatic carbocycles. The third kappa shape index (κ3) is 5.70. The lowest BCUT2D eigenvalue weighted by atomic mass is 9.85. The van der Waals surface area contributed by atoms with Gasteiger partial charge in [-0.05, 0) is 31.3 Å². The van der Waals surface area contributed by atoms with Gasteiger partial charge < -0.3 is 14.6 Å². The van der Waals surface area contributed by atoms with Crippen molar-refractivity contribution in [2.75, 3.05) is 13.7 Å². The predicted molar refractivity (Wildman–Crippen MR) is 77.6 cm³/mol. The molecule has 0 aromatic rings. The second-order valence-corrected chi connectivity index (χ2v) is 5.45. The number of allylic oxidation sites excluding steroid dienone is 2. The molecule has 1 N–H and O–H groups in total. The van der Waals surface area contributed by atoms with Crippen molar-refractivity contribution < 1.29 is 19.4 Å². The summed E-state index contributed by atoms with van der Waals surface area (Å²) in [6, 6.07) is 0. The molecule has 2 rings (SSSR count). The van der Waals surface area contributed by atoms with E-state index in [2.05, 4.69) is 18.2 Å². The average Bonchev–Trinajstić information content (AvgIpc) is 2.89. The van der Waals surface area contributed by atoms with Crippen LogP contribution in [0.2, 0.25) is 0 Å². The van der Waals surface area contributed by atoms with E-state index in [4.69, 9.17) is 9.84 Å². The Morgan fingerprint density at radius 3 is 2.55 bits per heavy atom. The molecule has 0 unspecified atom stereocenters. The summed E-state index contributed by atoms with van der Waals surface area (Å²) >= 11 is 0. The zero-order valence-corrected chi connectivity index (χ0v) is 12.1. The number of aliphatic carboxylic acids is 1. The number of aldehydes is 1. The van der Waals surface area contributed by atoms with Crippen molar-refractivity contribution in [1.29, 1.82) is 0 Å². The summed E-state index contributed by atoms with van der Waals surface area (Å²) < 4.78 is 4.96. The van der Waals surface area contributed by atoms with Gasteiger partial charge in [-0.2, -0.15) is 0 Å². The molecule has 2 aliphatic rings. The van der Waals surface area contributed by atoms with E-state index >= 15 is 0 Å². The molecule has 0 aromatic heterocycles. The predicted octanol–water partition coefficient (Wildman–Crippen LogP) is 3.13. The van der Waals surface area contributed by atoms with Crippen LogP contribution < -0.4 is 0 Å². The van der Waals surface area contributed by atoms with Gasteiger partial charge in [-0.1, -0.05) is 31.1 Å². The molecule has 20 heavy (non-hydrogen) atoms. The summed E-state index contributed by atoms with van der Waals surface area (Å²) in [5.41, 5.74) is 0.787. The van der Waals surface area contributed by atoms with E-state index in [1.165, 1.54) is 18.4 Å². The fourth-order valence-electron chi connectivity index (χ4n) is 2.66. The van der Waals surface area contributed by atoms with E-state index in [1.54, 1.807) is 7.11 Å². The van der Waals surface area contributed by atoms with Crippen LogP contribution in [0.5, 0.6) is 0 Å². The van der Waals surface area contributed by atoms with Crippen molar-refractivity contribution in [2.24, 2.45) is 5.41 Å². The van der Waals surface area contributed by atoms with Crippen LogP contribution >= 0.6 is 0 Å². The normalized spacial score (nSPS) is 19.8. The number of methoxy groups -OCH3 is 1. The van der Waals surface area contributed by atoms with Gasteiger partial charge in [0.05, 0.1) is 13.0 Å². The Bertz CT molecular complexity index is 376. The first-order chi connectivity index (χ1) is 9.62. The first kappa shape index (κ1) is 16.6. The molecule has 0 heterocycles. The monoisotopic (exact) mass is 280 g/mol. The van der Waals surface area contributed by atoms with Crippen LogP contribution in [-0.4, -0.2) is 31.1 Å². The number of ether oxygens (including phenoxy) is 1. The molecule has 112 valence electrons. The Balaban J connectivity index is 0.000000204. The van der Waals surface area contributed by atoms with Crippen molar-refractivity contribution in [1.82, 2.24) is 0 Å². The maximum Gasteiger partial charge on any atom is 0.304 e. The zero-order valence-electron chi connectivity index (χ0n) is 12.1. The molecule has 1 saturated carbocycles. The van der Waals surface area contributed by atoms with Crippen LogP contribution in [0.25, 0.3) is 0 Å². The van der Waals surface area contributed by atoms with E-state index in [0.29, 0.717) is 0 Å². The number of hydrogen-bond acceptors (Lipinski definition) is 3. The van der Waals surface area contributed by atoms with Crippen LogP contribution in [0.15, 0.2) is 23.8 Å². The minimum absolute atomic E-state index is 0.0104. The first-order valence-corrected chi connectivity index (χ1v) is 7.14. The van der Waals surface area contributed by atoms with Gasteiger partial charge in [-0.25, -0.2) is 0 Å². The third-order valence-corrected chi connectivity index (χ3v) is 3.74. The second kappa shape index (κ2) is 8.69. The molecule has 0 aliphatic heterocycles. The van der Waals surface area contributed by atoms with Crippen molar-refractivity contribution in [3.05, 3.63) is 23.8 Å². The lowest BCUT2D eigenvalue weighted by Crippen LogP contribution is -2.22. The molecule has 4 heteroatoms. The third-order valence-electron chi connectivity index (χ3n) is 3.74. The van der Waals surface area contributed by atoms with Crippen LogP contribution in [0.4, 0.5) is 0 Å². The lowest BCUT2D eigenvalue weighted by molar-refractivity contribution is -0.141. The number of carboxylic acid groups (broad SMARTS) is 1. The molecule has 1 fully saturated rings. The van der Waals surface area contributed by atoms with Gasteiger partial charge in [0.25, 0.3) is 0 Å². The highest BCUT2D eigenvalue weighted by atomic mass is 16.5. The van der Waals surface area contributed by atoms with Crippen LogP contribution in [-0.2, 0) is 14.3 Å². The smallest absolute Gasteiger partial charge is 0.304 e. The van der Waals surface area contributed by atoms with E-state index in [-0.39, 0.29) is 6.42 Å². The Morgan fingerprint density at radius 2 is 2.10 bits per heavy atom. The van der Waals surface area contributed by atoms with Gasteiger partial charge in [0.2, 0.25) is 0 Å². The minimum Gasteiger partial charge on any atom is -0.481 e. The summed E-state index contributed by atoms with van der Waals surface area (Å²) in [7, 11) is 1.73. The summed E-state index contributed by atoms with van der Waals surface area (Å²) in [5.74, 6) is -0.862. The minimum atomic E-state index is -0.862. The lowest BCUT2D eigenvalue weighted by Gasteiger charge is -2.17. The zero-order chi connectivity index (χ0) is 14.8. The molecule has 4 nitrogen and oxygen atoms in total. The van der Waals surface area contributed by atoms with Crippen molar-refractivity contribution in [3.63, 3.8) is 0 Å². The Kier molecular flexibility index (Phi) is 7.23. The van der Waals surface area contributed by atoms with E-state index in [0.717, 1.165) is 38.6 Å². The van der Waals surface area contributed by atoms with E-state index in [9.17, 15) is 9.59 Å². The average molecular weight is 280 g/mol. The molecule has 0 radical (unpaired) electrons. The van der Waals surface area contributed by atoms with Gasteiger partial charge in [-0.3, -0.25) is 4.79 Å². The molecule has 0 aromatic carbocycles. The summed E-state index contributed by atoms with van der Waals surface area (Å²) in [4.78, 5) is 21.0. The quantitative estimate of drug-likeness (QED) is 0.786. The Morgan fingerprint density at radius 1 is 1.40 bits per heavy atom. The number of carbonyl (C=O) groups excluding carboxylic acids is 1. The van der Waals surface area contributed by atoms with Gasteiger partial charge in [0, 0.05) is 12.5 Å². The van der Waals surface area contributed by atoms with E-state index in [1.807, 2.05) is 0 Å². The SMILES string of the molecule is COCC1=CCCC=C1.O=CC1(CC(=O)O)CCCC1. The topological polar surface area (TPSA) is 63.6 Å². The largest absolute Gasteiger partial charge is 0.481 e. The first-order valence-electron chi connectivity index (χ1n) is 7.14. The second-order valence-electron chi connectivity index (χ2n) is 5.45. The van der Waals surface area contributed by atoms with Gasteiger partial charge in [0.15, 0.2) is 0 Å². The van der Waals surface area contributed by atoms with Crippen LogP contribution in [0.1, 0.15) is 44.9 Å². The highest BCUT2D eigenvalue weighted by molar-refractivity contribution is 5.74. The Hall–Kier alpha value is -1.42. The van der Waals surface area contributed by atoms with Crippen LogP contribution in [0, 0.1) is 5.41 Å². The molecular formula is C16H24O4. The molecule has 0 atom stereocenters. The molecule has 0 saturated heterocycles. The molecule has 0 amide bonds. The van der Waals surface area contributed by atoms with Crippen LogP contribution in [0.3, 0.4) is 0 Å². The standard InChI is InChI=1S/C8H12O3.C8H12O/c9-6-8(5-7(10)11)3-1-2-4-8;1-9-7-8-5-3-2-4-6-8/h6H,1-5H2,(H,10,11);3,5-6H,2,4,7H2,1H3. The highest BCUT2D eigenvalue weighted by Gasteiger charge is 2.35. The number of carbonyl (C=O) groups is 2. The summed E-state index contributed by atoms with van der Waals surface area (Å²) in [6.45, 7) is 0.760. The van der Waals surface area contributed by atoms with Gasteiger partial charge in [-0.15, -0.1) is 0 Å². The summed E-state index contributed by atoms with van der Waals surface area (Å²) in [6.07, 6.45) is 13.2. The maximum atomic E-state index is 10.6. The molecular weight excluding hydrogens is 256 g/mol. The highest BCUT2D eigenvalue weighted by Crippen LogP contribution is 2.38. The maximum absolute atomic E-state index is 10.6. The van der Waals surface area contributed by atoms with Gasteiger partial charge in [0.1, 0.15) is 6.29 Å². The van der Waals surface area contributed by atoms with Gasteiger partial charge >= 0.3 is 5.97 Å². The van der Waals surface area contributed by atoms with Crippen molar-refractivity contribution in [3.8, 4) is 0 Å². The van der Waals surface area contributed by atoms with Crippen molar-refractivity contribution >= 4 is 12.3 Å².